The first kappa shape index (κ1) is 16.9. The van der Waals surface area contributed by atoms with Crippen molar-refractivity contribution in [3.63, 3.8) is 0 Å². The molecule has 0 aromatic carbocycles. The van der Waals surface area contributed by atoms with Gasteiger partial charge in [-0.2, -0.15) is 17.6 Å². The first-order chi connectivity index (χ1) is 11.9. The van der Waals surface area contributed by atoms with E-state index in [0.717, 1.165) is 11.3 Å². The zero-order valence-electron chi connectivity index (χ0n) is 12.9. The number of anilines is 2. The van der Waals surface area contributed by atoms with Gasteiger partial charge in [-0.25, -0.2) is 15.0 Å². The molecule has 0 amide bonds. The maximum absolute atomic E-state index is 11.3. The van der Waals surface area contributed by atoms with Gasteiger partial charge in [0.15, 0.2) is 21.5 Å². The number of aryl methyl sites for hydroxylation is 1. The van der Waals surface area contributed by atoms with Crippen LogP contribution in [-0.2, 0) is 5.75 Å². The Labute approximate surface area is 150 Å². The number of aromatic amines is 4. The van der Waals surface area contributed by atoms with E-state index < -0.39 is 0 Å². The maximum Gasteiger partial charge on any atom is 0.278 e. The Bertz CT molecular complexity index is 1170. The van der Waals surface area contributed by atoms with Gasteiger partial charge in [0.2, 0.25) is 11.9 Å². The number of fused-ring (bicyclic) bond motifs is 2. The number of nitrogens with two attached hydrogens (primary N) is 2. The van der Waals surface area contributed by atoms with E-state index in [1.54, 1.807) is 0 Å². The van der Waals surface area contributed by atoms with Crippen LogP contribution >= 0.6 is 24.8 Å². The molecule has 4 rings (SSSR count). The summed E-state index contributed by atoms with van der Waals surface area (Å²) in [5.74, 6) is 2.17. The maximum atomic E-state index is 11.3. The van der Waals surface area contributed by atoms with Gasteiger partial charge < -0.3 is 26.4 Å². The minimum Gasteiger partial charge on any atom is -0.369 e. The second-order valence-electron chi connectivity index (χ2n) is 4.96. The summed E-state index contributed by atoms with van der Waals surface area (Å²) in [7, 11) is 0. The highest BCUT2D eigenvalue weighted by Gasteiger charge is 2.06. The lowest BCUT2D eigenvalue weighted by Crippen LogP contribution is -2.10. The number of hydrogen-bond acceptors (Lipinski definition) is 9. The molecular formula is C12H14N10OS2. The number of nitrogen functional groups attached to an aromatic ring is 2. The first-order valence-corrected chi connectivity index (χ1v) is 7.98. The van der Waals surface area contributed by atoms with Crippen LogP contribution in [-0.4, -0.2) is 39.9 Å². The zero-order valence-corrected chi connectivity index (χ0v) is 14.6. The van der Waals surface area contributed by atoms with Crippen LogP contribution in [0.3, 0.4) is 0 Å². The van der Waals surface area contributed by atoms with Gasteiger partial charge in [-0.3, -0.25) is 9.78 Å². The molecule has 0 saturated carbocycles. The monoisotopic (exact) mass is 378 g/mol. The van der Waals surface area contributed by atoms with E-state index in [2.05, 4.69) is 52.5 Å². The van der Waals surface area contributed by atoms with Crippen molar-refractivity contribution in [3.05, 3.63) is 26.6 Å². The molecule has 11 nitrogen and oxygen atoms in total. The van der Waals surface area contributed by atoms with Crippen molar-refractivity contribution < 1.29 is 0 Å². The molecule has 0 bridgehead atoms. The molecule has 130 valence electrons. The smallest absolute Gasteiger partial charge is 0.278 e. The van der Waals surface area contributed by atoms with Crippen molar-refractivity contribution in [2.45, 2.75) is 12.7 Å². The number of aromatic nitrogens is 8. The molecule has 0 radical (unpaired) electrons. The number of nitrogens with one attached hydrogen (secondary N) is 4. The minimum atomic E-state index is -0.317. The quantitative estimate of drug-likeness (QED) is 0.185. The van der Waals surface area contributed by atoms with Crippen LogP contribution in [0.25, 0.3) is 22.3 Å². The topological polar surface area (TPSA) is 184 Å². The number of thiol groups is 1. The SMILES string of the molecule is Cc1nc2[nH]c(N)nc(=S)c2[nH]1.Nc1nc2nc(CS)[nH]c2c(=O)[nH]1. The second kappa shape index (κ2) is 6.52. The molecule has 0 aliphatic rings. The lowest BCUT2D eigenvalue weighted by Gasteiger charge is -1.91. The summed E-state index contributed by atoms with van der Waals surface area (Å²) in [6, 6.07) is 0. The van der Waals surface area contributed by atoms with Crippen molar-refractivity contribution in [2.75, 3.05) is 11.5 Å². The van der Waals surface area contributed by atoms with E-state index in [-0.39, 0.29) is 11.5 Å². The Kier molecular flexibility index (Phi) is 4.41. The van der Waals surface area contributed by atoms with Gasteiger partial charge in [-0.1, -0.05) is 12.2 Å². The highest BCUT2D eigenvalue weighted by molar-refractivity contribution is 7.79. The summed E-state index contributed by atoms with van der Waals surface area (Å²) in [5, 5.41) is 0. The molecule has 8 N–H and O–H groups in total. The Balaban J connectivity index is 0.000000146. The summed E-state index contributed by atoms with van der Waals surface area (Å²) < 4.78 is 0.446. The van der Waals surface area contributed by atoms with E-state index in [1.807, 2.05) is 6.92 Å². The molecule has 13 heteroatoms. The fourth-order valence-corrected chi connectivity index (χ4v) is 2.49. The molecule has 0 saturated heterocycles. The Morgan fingerprint density at radius 1 is 1.00 bits per heavy atom. The highest BCUT2D eigenvalue weighted by atomic mass is 32.1. The van der Waals surface area contributed by atoms with Gasteiger partial charge in [0.05, 0.1) is 0 Å². The van der Waals surface area contributed by atoms with Gasteiger partial charge >= 0.3 is 0 Å². The molecule has 0 aliphatic heterocycles. The van der Waals surface area contributed by atoms with Crippen molar-refractivity contribution in [1.29, 1.82) is 0 Å². The number of H-pyrrole nitrogens is 4. The fraction of sp³-hybridized carbons (Fsp3) is 0.167. The average Bonchev–Trinajstić information content (AvgIpc) is 3.10. The van der Waals surface area contributed by atoms with Crippen LogP contribution in [0.4, 0.5) is 11.9 Å². The molecule has 0 unspecified atom stereocenters. The number of hydrogen-bond donors (Lipinski definition) is 7. The van der Waals surface area contributed by atoms with Crippen molar-refractivity contribution in [3.8, 4) is 0 Å². The third-order valence-corrected chi connectivity index (χ3v) is 3.68. The molecule has 0 aliphatic carbocycles. The molecule has 4 heterocycles. The molecule has 0 spiro atoms. The van der Waals surface area contributed by atoms with Crippen molar-refractivity contribution in [1.82, 2.24) is 39.9 Å². The molecule has 4 aromatic heterocycles. The summed E-state index contributed by atoms with van der Waals surface area (Å²) in [5.41, 5.74) is 12.5. The summed E-state index contributed by atoms with van der Waals surface area (Å²) in [6.45, 7) is 1.85. The Morgan fingerprint density at radius 3 is 2.44 bits per heavy atom. The van der Waals surface area contributed by atoms with Crippen LogP contribution in [0.2, 0.25) is 0 Å². The van der Waals surface area contributed by atoms with Crippen molar-refractivity contribution >= 4 is 59.1 Å². The normalized spacial score (nSPS) is 10.8. The predicted molar refractivity (Wildman–Crippen MR) is 99.8 cm³/mol. The third kappa shape index (κ3) is 3.46. The van der Waals surface area contributed by atoms with Gasteiger partial charge in [0.1, 0.15) is 17.2 Å². The van der Waals surface area contributed by atoms with E-state index in [1.165, 1.54) is 0 Å². The summed E-state index contributed by atoms with van der Waals surface area (Å²) in [6.07, 6.45) is 0. The van der Waals surface area contributed by atoms with Crippen LogP contribution in [0, 0.1) is 11.6 Å². The number of imidazole rings is 2. The zero-order chi connectivity index (χ0) is 18.1. The third-order valence-electron chi connectivity index (χ3n) is 3.08. The van der Waals surface area contributed by atoms with Crippen LogP contribution < -0.4 is 17.0 Å². The van der Waals surface area contributed by atoms with E-state index in [4.69, 9.17) is 23.7 Å². The molecular weight excluding hydrogens is 364 g/mol. The summed E-state index contributed by atoms with van der Waals surface area (Å²) in [4.78, 5) is 38.1. The molecule has 0 fully saturated rings. The van der Waals surface area contributed by atoms with Crippen LogP contribution in [0.15, 0.2) is 4.79 Å². The lowest BCUT2D eigenvalue weighted by atomic mass is 10.5. The highest BCUT2D eigenvalue weighted by Crippen LogP contribution is 2.09. The minimum absolute atomic E-state index is 0.0646. The lowest BCUT2D eigenvalue weighted by molar-refractivity contribution is 1.14. The van der Waals surface area contributed by atoms with Gasteiger partial charge in [-0.05, 0) is 6.92 Å². The molecule has 4 aromatic rings. The molecule has 25 heavy (non-hydrogen) atoms. The van der Waals surface area contributed by atoms with E-state index in [9.17, 15) is 4.79 Å². The number of nitrogens with zero attached hydrogens (tertiary/aromatic N) is 4. The predicted octanol–water partition coefficient (Wildman–Crippen LogP) is 0.564. The van der Waals surface area contributed by atoms with Gasteiger partial charge in [0, 0.05) is 5.75 Å². The fourth-order valence-electron chi connectivity index (χ4n) is 2.10. The largest absolute Gasteiger partial charge is 0.369 e. The van der Waals surface area contributed by atoms with Crippen molar-refractivity contribution in [2.24, 2.45) is 0 Å². The standard InChI is InChI=1S/C6H7N5OS.C6H7N5S/c7-6-10-4-3(5(12)11-6)8-2(1-13)9-4;1-2-8-3-4(9-2)10-6(7)11-5(3)12/h13H,1H2,(H4,7,8,9,10,11,12);1H3,(H4,7,8,9,10,11,12). The summed E-state index contributed by atoms with van der Waals surface area (Å²) >= 11 is 8.99. The van der Waals surface area contributed by atoms with Crippen LogP contribution in [0.1, 0.15) is 11.6 Å². The molecule has 0 atom stereocenters. The first-order valence-electron chi connectivity index (χ1n) is 6.94. The second-order valence-corrected chi connectivity index (χ2v) is 5.67. The van der Waals surface area contributed by atoms with Gasteiger partial charge in [-0.15, -0.1) is 0 Å². The van der Waals surface area contributed by atoms with Crippen LogP contribution in [0.5, 0.6) is 0 Å². The van der Waals surface area contributed by atoms with E-state index >= 15 is 0 Å². The Hall–Kier alpha value is -2.93. The van der Waals surface area contributed by atoms with E-state index in [0.29, 0.717) is 39.0 Å². The number of rotatable bonds is 1. The average molecular weight is 378 g/mol. The van der Waals surface area contributed by atoms with Gasteiger partial charge in [0.25, 0.3) is 5.56 Å². The Morgan fingerprint density at radius 2 is 1.72 bits per heavy atom.